The van der Waals surface area contributed by atoms with Crippen LogP contribution in [0.3, 0.4) is 0 Å². The van der Waals surface area contributed by atoms with Crippen LogP contribution in [0.2, 0.25) is 0 Å². The van der Waals surface area contributed by atoms with Gasteiger partial charge in [0.25, 0.3) is 0 Å². The number of rotatable bonds is 1. The van der Waals surface area contributed by atoms with E-state index in [1.807, 2.05) is 6.08 Å². The fraction of sp³-hybridized carbons (Fsp3) is 0.889. The topological polar surface area (TPSA) is 76.0 Å². The zero-order valence-corrected chi connectivity index (χ0v) is 19.9. The number of carbonyl (C=O) groups is 1. The van der Waals surface area contributed by atoms with Crippen molar-refractivity contribution in [1.29, 1.82) is 0 Å². The molecule has 0 aromatic carbocycles. The molecule has 2 N–H and O–H groups in total. The standard InChI is InChI=1S/C27H40O5/c1-15-9-11-27(31-14-15)23(24(29)30)22-20(32-27)12-19-17-8-7-16-6-4-5-10-25(16,2)18(17)13-21(28)26(19,22)3/h13,15-17,19-20,22-24,29-30H,4-12,14H2,1-3H3/t15?,16?,17-,19+,20+,22-,23-,25+,26-,27-/m1/s1. The highest BCUT2D eigenvalue weighted by Crippen LogP contribution is 2.69. The zero-order valence-electron chi connectivity index (χ0n) is 19.9. The zero-order chi connectivity index (χ0) is 22.5. The van der Waals surface area contributed by atoms with E-state index in [2.05, 4.69) is 20.8 Å². The predicted molar refractivity (Wildman–Crippen MR) is 119 cm³/mol. The number of hydrogen-bond acceptors (Lipinski definition) is 5. The average molecular weight is 445 g/mol. The van der Waals surface area contributed by atoms with Crippen molar-refractivity contribution in [3.63, 3.8) is 0 Å². The van der Waals surface area contributed by atoms with Crippen LogP contribution < -0.4 is 0 Å². The molecule has 6 rings (SSSR count). The summed E-state index contributed by atoms with van der Waals surface area (Å²) in [5, 5.41) is 21.1. The molecule has 2 heterocycles. The number of fused-ring (bicyclic) bond motifs is 7. The molecule has 3 saturated carbocycles. The van der Waals surface area contributed by atoms with E-state index in [1.165, 1.54) is 37.7 Å². The SMILES string of the molecule is CC1CC[C@@]2(OC1)O[C@H]1C[C@H]3[C@@H]4CCC5CCCC[C@]5(C)C4=CC(=O)[C@]3(C)[C@H]1[C@@H]2C(O)O. The van der Waals surface area contributed by atoms with Gasteiger partial charge < -0.3 is 19.7 Å². The number of aliphatic hydroxyl groups excluding tert-OH is 1. The minimum absolute atomic E-state index is 0.140. The molecule has 6 aliphatic rings. The van der Waals surface area contributed by atoms with Gasteiger partial charge in [0, 0.05) is 17.8 Å². The van der Waals surface area contributed by atoms with Crippen molar-refractivity contribution in [3.05, 3.63) is 11.6 Å². The number of hydrogen-bond donors (Lipinski definition) is 2. The second-order valence-electron chi connectivity index (χ2n) is 12.5. The lowest BCUT2D eigenvalue weighted by Gasteiger charge is -2.56. The molecule has 0 aromatic rings. The van der Waals surface area contributed by atoms with Gasteiger partial charge in [-0.2, -0.15) is 0 Å². The lowest BCUT2D eigenvalue weighted by molar-refractivity contribution is -0.299. The van der Waals surface area contributed by atoms with Crippen molar-refractivity contribution >= 4 is 5.78 Å². The van der Waals surface area contributed by atoms with E-state index >= 15 is 0 Å². The lowest BCUT2D eigenvalue weighted by Crippen LogP contribution is -2.55. The maximum absolute atomic E-state index is 14.0. The maximum Gasteiger partial charge on any atom is 0.176 e. The fourth-order valence-corrected chi connectivity index (χ4v) is 9.39. The molecule has 0 aromatic heterocycles. The first kappa shape index (κ1) is 21.8. The van der Waals surface area contributed by atoms with Gasteiger partial charge >= 0.3 is 0 Å². The summed E-state index contributed by atoms with van der Waals surface area (Å²) in [5.41, 5.74) is 0.969. The third-order valence-corrected chi connectivity index (χ3v) is 11.1. The average Bonchev–Trinajstić information content (AvgIpc) is 3.22. The van der Waals surface area contributed by atoms with Gasteiger partial charge in [0.2, 0.25) is 0 Å². The van der Waals surface area contributed by atoms with Crippen LogP contribution in [0.1, 0.15) is 78.6 Å². The molecule has 10 atom stereocenters. The van der Waals surface area contributed by atoms with E-state index in [0.29, 0.717) is 30.8 Å². The third-order valence-electron chi connectivity index (χ3n) is 11.1. The van der Waals surface area contributed by atoms with Crippen LogP contribution >= 0.6 is 0 Å². The third kappa shape index (κ3) is 2.68. The van der Waals surface area contributed by atoms with Gasteiger partial charge in [0.1, 0.15) is 0 Å². The summed E-state index contributed by atoms with van der Waals surface area (Å²) in [6.07, 6.45) is 10.3. The summed E-state index contributed by atoms with van der Waals surface area (Å²) >= 11 is 0. The van der Waals surface area contributed by atoms with Crippen LogP contribution in [0.25, 0.3) is 0 Å². The molecular formula is C27H40O5. The minimum Gasteiger partial charge on any atom is -0.368 e. The Hall–Kier alpha value is -0.750. The molecule has 0 amide bonds. The molecule has 0 bridgehead atoms. The summed E-state index contributed by atoms with van der Waals surface area (Å²) < 4.78 is 12.9. The summed E-state index contributed by atoms with van der Waals surface area (Å²) in [6, 6.07) is 0. The molecule has 0 radical (unpaired) electrons. The molecule has 178 valence electrons. The van der Waals surface area contributed by atoms with Crippen LogP contribution in [-0.2, 0) is 14.3 Å². The molecule has 2 unspecified atom stereocenters. The monoisotopic (exact) mass is 444 g/mol. The van der Waals surface area contributed by atoms with Crippen molar-refractivity contribution in [2.24, 2.45) is 46.3 Å². The van der Waals surface area contributed by atoms with Gasteiger partial charge in [0.15, 0.2) is 17.9 Å². The van der Waals surface area contributed by atoms with Crippen molar-refractivity contribution < 1.29 is 24.5 Å². The molecule has 2 aliphatic heterocycles. The molecule has 5 nitrogen and oxygen atoms in total. The lowest BCUT2D eigenvalue weighted by atomic mass is 9.48. The molecule has 5 heteroatoms. The number of ketones is 1. The number of ether oxygens (including phenoxy) is 2. The van der Waals surface area contributed by atoms with Crippen molar-refractivity contribution in [2.75, 3.05) is 6.61 Å². The summed E-state index contributed by atoms with van der Waals surface area (Å²) in [4.78, 5) is 14.0. The normalized spacial score (nSPS) is 54.8. The van der Waals surface area contributed by atoms with Crippen LogP contribution in [0.15, 0.2) is 11.6 Å². The maximum atomic E-state index is 14.0. The second-order valence-corrected chi connectivity index (χ2v) is 12.5. The Balaban J connectivity index is 1.39. The van der Waals surface area contributed by atoms with Gasteiger partial charge in [0.05, 0.1) is 18.6 Å². The molecular weight excluding hydrogens is 404 g/mol. The Labute approximate surface area is 191 Å². The Morgan fingerprint density at radius 2 is 1.91 bits per heavy atom. The van der Waals surface area contributed by atoms with E-state index in [1.54, 1.807) is 0 Å². The number of aliphatic hydroxyl groups is 2. The van der Waals surface area contributed by atoms with Crippen molar-refractivity contribution in [3.8, 4) is 0 Å². The first-order valence-corrected chi connectivity index (χ1v) is 13.1. The Morgan fingerprint density at radius 3 is 2.62 bits per heavy atom. The molecule has 2 saturated heterocycles. The second kappa shape index (κ2) is 7.13. The van der Waals surface area contributed by atoms with Crippen molar-refractivity contribution in [1.82, 2.24) is 0 Å². The predicted octanol–water partition coefficient (Wildman–Crippen LogP) is 4.21. The number of carbonyl (C=O) groups excluding carboxylic acids is 1. The van der Waals surface area contributed by atoms with Gasteiger partial charge in [-0.3, -0.25) is 4.79 Å². The van der Waals surface area contributed by atoms with E-state index in [0.717, 1.165) is 19.3 Å². The van der Waals surface area contributed by atoms with Crippen molar-refractivity contribution in [2.45, 2.75) is 96.7 Å². The van der Waals surface area contributed by atoms with Gasteiger partial charge in [-0.15, -0.1) is 0 Å². The molecule has 5 fully saturated rings. The van der Waals surface area contributed by atoms with Crippen LogP contribution in [0, 0.1) is 46.3 Å². The minimum atomic E-state index is -1.54. The fourth-order valence-electron chi connectivity index (χ4n) is 9.39. The van der Waals surface area contributed by atoms with E-state index < -0.39 is 23.4 Å². The van der Waals surface area contributed by atoms with Gasteiger partial charge in [-0.1, -0.05) is 39.2 Å². The smallest absolute Gasteiger partial charge is 0.176 e. The van der Waals surface area contributed by atoms with Gasteiger partial charge in [-0.25, -0.2) is 0 Å². The molecule has 1 spiro atoms. The van der Waals surface area contributed by atoms with Crippen LogP contribution in [0.4, 0.5) is 0 Å². The Bertz CT molecular complexity index is 826. The van der Waals surface area contributed by atoms with E-state index in [-0.39, 0.29) is 29.1 Å². The number of allylic oxidation sites excluding steroid dienone is 2. The molecule has 32 heavy (non-hydrogen) atoms. The van der Waals surface area contributed by atoms with Crippen LogP contribution in [-0.4, -0.2) is 40.8 Å². The summed E-state index contributed by atoms with van der Waals surface area (Å²) in [6.45, 7) is 7.26. The highest BCUT2D eigenvalue weighted by atomic mass is 16.7. The highest BCUT2D eigenvalue weighted by Gasteiger charge is 2.72. The van der Waals surface area contributed by atoms with E-state index in [4.69, 9.17) is 9.47 Å². The summed E-state index contributed by atoms with van der Waals surface area (Å²) in [7, 11) is 0. The first-order chi connectivity index (χ1) is 15.2. The van der Waals surface area contributed by atoms with Crippen LogP contribution in [0.5, 0.6) is 0 Å². The molecule has 4 aliphatic carbocycles. The Kier molecular flexibility index (Phi) is 4.85. The Morgan fingerprint density at radius 1 is 1.09 bits per heavy atom. The highest BCUT2D eigenvalue weighted by molar-refractivity contribution is 5.97. The first-order valence-electron chi connectivity index (χ1n) is 13.1. The quantitative estimate of drug-likeness (QED) is 0.593. The summed E-state index contributed by atoms with van der Waals surface area (Å²) in [5.74, 6) is 0.264. The largest absolute Gasteiger partial charge is 0.368 e. The van der Waals surface area contributed by atoms with Gasteiger partial charge in [-0.05, 0) is 73.7 Å². The van der Waals surface area contributed by atoms with E-state index in [9.17, 15) is 15.0 Å².